The molecule has 2 saturated carbocycles. The molecular formula is C21H29N3O3. The molecule has 2 fully saturated rings. The van der Waals surface area contributed by atoms with Crippen molar-refractivity contribution in [3.05, 3.63) is 29.8 Å². The highest BCUT2D eigenvalue weighted by molar-refractivity contribution is 6.40. The number of para-hydroxylation sites is 1. The van der Waals surface area contributed by atoms with Crippen LogP contribution in [0.25, 0.3) is 0 Å². The summed E-state index contributed by atoms with van der Waals surface area (Å²) in [5.41, 5.74) is 0.751. The van der Waals surface area contributed by atoms with Gasteiger partial charge in [0.25, 0.3) is 5.91 Å². The maximum atomic E-state index is 12.6. The van der Waals surface area contributed by atoms with Crippen LogP contribution >= 0.6 is 0 Å². The number of hydrogen-bond acceptors (Lipinski definition) is 3. The highest BCUT2D eigenvalue weighted by Gasteiger charge is 2.26. The van der Waals surface area contributed by atoms with Crippen LogP contribution in [0.2, 0.25) is 0 Å². The van der Waals surface area contributed by atoms with E-state index >= 15 is 0 Å². The lowest BCUT2D eigenvalue weighted by atomic mass is 9.86. The molecular weight excluding hydrogens is 342 g/mol. The minimum absolute atomic E-state index is 0.0397. The molecule has 0 saturated heterocycles. The Kier molecular flexibility index (Phi) is 6.48. The van der Waals surface area contributed by atoms with Crippen molar-refractivity contribution in [3.63, 3.8) is 0 Å². The molecule has 1 aromatic carbocycles. The first-order chi connectivity index (χ1) is 13.0. The maximum absolute atomic E-state index is 12.6. The van der Waals surface area contributed by atoms with Crippen LogP contribution in [0.1, 0.15) is 68.6 Å². The number of carbonyl (C=O) groups is 3. The highest BCUT2D eigenvalue weighted by Crippen LogP contribution is 2.24. The van der Waals surface area contributed by atoms with Gasteiger partial charge in [0.1, 0.15) is 0 Å². The molecule has 0 heterocycles. The summed E-state index contributed by atoms with van der Waals surface area (Å²) in [7, 11) is 0. The van der Waals surface area contributed by atoms with Crippen LogP contribution in [0.4, 0.5) is 5.69 Å². The highest BCUT2D eigenvalue weighted by atomic mass is 16.2. The van der Waals surface area contributed by atoms with Crippen molar-refractivity contribution >= 4 is 23.4 Å². The third-order valence-electron chi connectivity index (χ3n) is 5.74. The molecule has 6 heteroatoms. The standard InChI is InChI=1S/C21H29N3O3/c1-14-8-2-6-12-17(14)23-20(26)21(27)24-18-13-7-5-11-16(18)19(25)22-15-9-3-4-10-15/h5,7,11,13-15,17H,2-4,6,8-10,12H2,1H3,(H,22,25)(H,23,26)(H,24,27)/t14-,17-/m0/s1. The average Bonchev–Trinajstić information content (AvgIpc) is 3.17. The number of rotatable bonds is 4. The first-order valence-electron chi connectivity index (χ1n) is 10.1. The van der Waals surface area contributed by atoms with E-state index in [0.29, 0.717) is 17.2 Å². The summed E-state index contributed by atoms with van der Waals surface area (Å²) in [4.78, 5) is 37.2. The van der Waals surface area contributed by atoms with Gasteiger partial charge in [0.15, 0.2) is 0 Å². The normalized spacial score (nSPS) is 22.9. The van der Waals surface area contributed by atoms with Gasteiger partial charge >= 0.3 is 11.8 Å². The SMILES string of the molecule is C[C@H]1CCCC[C@@H]1NC(=O)C(=O)Nc1ccccc1C(=O)NC1CCCC1. The van der Waals surface area contributed by atoms with Gasteiger partial charge < -0.3 is 16.0 Å². The lowest BCUT2D eigenvalue weighted by Crippen LogP contribution is -2.46. The van der Waals surface area contributed by atoms with Gasteiger partial charge in [-0.15, -0.1) is 0 Å². The number of anilines is 1. The fourth-order valence-corrected chi connectivity index (χ4v) is 4.07. The molecule has 2 atom stereocenters. The summed E-state index contributed by atoms with van der Waals surface area (Å²) in [5, 5.41) is 8.47. The largest absolute Gasteiger partial charge is 0.349 e. The van der Waals surface area contributed by atoms with Crippen molar-refractivity contribution in [3.8, 4) is 0 Å². The van der Waals surface area contributed by atoms with E-state index in [1.165, 1.54) is 6.42 Å². The molecule has 3 N–H and O–H groups in total. The van der Waals surface area contributed by atoms with Crippen molar-refractivity contribution < 1.29 is 14.4 Å². The van der Waals surface area contributed by atoms with Crippen molar-refractivity contribution in [2.24, 2.45) is 5.92 Å². The third kappa shape index (κ3) is 5.08. The summed E-state index contributed by atoms with van der Waals surface area (Å²) in [6.07, 6.45) is 8.44. The van der Waals surface area contributed by atoms with Crippen molar-refractivity contribution in [2.75, 3.05) is 5.32 Å². The summed E-state index contributed by atoms with van der Waals surface area (Å²) in [5.74, 6) is -1.20. The van der Waals surface area contributed by atoms with Gasteiger partial charge in [-0.1, -0.05) is 44.7 Å². The molecule has 0 aromatic heterocycles. The van der Waals surface area contributed by atoms with Crippen LogP contribution in [-0.2, 0) is 9.59 Å². The number of benzene rings is 1. The Morgan fingerprint density at radius 2 is 1.52 bits per heavy atom. The third-order valence-corrected chi connectivity index (χ3v) is 5.74. The fraction of sp³-hybridized carbons (Fsp3) is 0.571. The number of hydrogen-bond donors (Lipinski definition) is 3. The minimum atomic E-state index is -0.728. The second kappa shape index (κ2) is 9.02. The van der Waals surface area contributed by atoms with Gasteiger partial charge in [0.2, 0.25) is 0 Å². The molecule has 146 valence electrons. The predicted molar refractivity (Wildman–Crippen MR) is 104 cm³/mol. The number of amides is 3. The van der Waals surface area contributed by atoms with E-state index in [0.717, 1.165) is 44.9 Å². The molecule has 3 rings (SSSR count). The Bertz CT molecular complexity index is 698. The fourth-order valence-electron chi connectivity index (χ4n) is 4.07. The molecule has 0 bridgehead atoms. The van der Waals surface area contributed by atoms with Crippen LogP contribution in [0.15, 0.2) is 24.3 Å². The summed E-state index contributed by atoms with van der Waals surface area (Å²) in [6.45, 7) is 2.10. The maximum Gasteiger partial charge on any atom is 0.313 e. The Hall–Kier alpha value is -2.37. The van der Waals surface area contributed by atoms with E-state index in [-0.39, 0.29) is 18.0 Å². The van der Waals surface area contributed by atoms with Gasteiger partial charge in [-0.2, -0.15) is 0 Å². The molecule has 2 aliphatic rings. The number of carbonyl (C=O) groups excluding carboxylic acids is 3. The Morgan fingerprint density at radius 3 is 2.26 bits per heavy atom. The average molecular weight is 371 g/mol. The zero-order valence-electron chi connectivity index (χ0n) is 15.9. The van der Waals surface area contributed by atoms with E-state index < -0.39 is 11.8 Å². The summed E-state index contributed by atoms with van der Waals surface area (Å²) < 4.78 is 0. The number of nitrogens with one attached hydrogen (secondary N) is 3. The molecule has 3 amide bonds. The summed E-state index contributed by atoms with van der Waals surface area (Å²) in [6, 6.07) is 7.04. The Labute approximate surface area is 160 Å². The molecule has 1 aromatic rings. The van der Waals surface area contributed by atoms with E-state index in [1.807, 2.05) is 0 Å². The zero-order chi connectivity index (χ0) is 19.2. The predicted octanol–water partition coefficient (Wildman–Crippen LogP) is 2.99. The molecule has 0 spiro atoms. The van der Waals surface area contributed by atoms with Gasteiger partial charge in [0, 0.05) is 12.1 Å². The van der Waals surface area contributed by atoms with Crippen LogP contribution in [-0.4, -0.2) is 29.8 Å². The molecule has 0 aliphatic heterocycles. The van der Waals surface area contributed by atoms with Gasteiger partial charge in [-0.05, 0) is 43.7 Å². The van der Waals surface area contributed by atoms with Crippen LogP contribution in [0.3, 0.4) is 0 Å². The van der Waals surface area contributed by atoms with Crippen LogP contribution in [0.5, 0.6) is 0 Å². The van der Waals surface area contributed by atoms with Gasteiger partial charge in [-0.25, -0.2) is 0 Å². The van der Waals surface area contributed by atoms with E-state index in [4.69, 9.17) is 0 Å². The topological polar surface area (TPSA) is 87.3 Å². The first kappa shape index (κ1) is 19.4. The van der Waals surface area contributed by atoms with E-state index in [1.54, 1.807) is 24.3 Å². The smallest absolute Gasteiger partial charge is 0.313 e. The van der Waals surface area contributed by atoms with Crippen molar-refractivity contribution in [1.29, 1.82) is 0 Å². The van der Waals surface area contributed by atoms with Crippen molar-refractivity contribution in [1.82, 2.24) is 10.6 Å². The van der Waals surface area contributed by atoms with Crippen LogP contribution < -0.4 is 16.0 Å². The van der Waals surface area contributed by atoms with Gasteiger partial charge in [-0.3, -0.25) is 14.4 Å². The zero-order valence-corrected chi connectivity index (χ0v) is 15.9. The van der Waals surface area contributed by atoms with E-state index in [2.05, 4.69) is 22.9 Å². The lowest BCUT2D eigenvalue weighted by molar-refractivity contribution is -0.137. The van der Waals surface area contributed by atoms with Crippen LogP contribution in [0, 0.1) is 5.92 Å². The molecule has 27 heavy (non-hydrogen) atoms. The Balaban J connectivity index is 1.61. The quantitative estimate of drug-likeness (QED) is 0.711. The molecule has 2 aliphatic carbocycles. The second-order valence-electron chi connectivity index (χ2n) is 7.80. The lowest BCUT2D eigenvalue weighted by Gasteiger charge is -2.29. The van der Waals surface area contributed by atoms with Crippen molar-refractivity contribution in [2.45, 2.75) is 70.4 Å². The summed E-state index contributed by atoms with van der Waals surface area (Å²) >= 11 is 0. The minimum Gasteiger partial charge on any atom is -0.349 e. The molecule has 0 radical (unpaired) electrons. The molecule has 0 unspecified atom stereocenters. The van der Waals surface area contributed by atoms with Gasteiger partial charge in [0.05, 0.1) is 11.3 Å². The molecule has 6 nitrogen and oxygen atoms in total. The monoisotopic (exact) mass is 371 g/mol. The van der Waals surface area contributed by atoms with E-state index in [9.17, 15) is 14.4 Å². The second-order valence-corrected chi connectivity index (χ2v) is 7.80. The Morgan fingerprint density at radius 1 is 0.852 bits per heavy atom. The first-order valence-corrected chi connectivity index (χ1v) is 10.1.